The van der Waals surface area contributed by atoms with Crippen molar-refractivity contribution in [2.45, 2.75) is 6.54 Å². The van der Waals surface area contributed by atoms with Crippen LogP contribution in [-0.4, -0.2) is 38.3 Å². The molecule has 0 aliphatic rings. The van der Waals surface area contributed by atoms with Crippen molar-refractivity contribution in [1.29, 1.82) is 0 Å². The van der Waals surface area contributed by atoms with E-state index in [-0.39, 0.29) is 24.0 Å². The molecule has 1 rings (SSSR count). The van der Waals surface area contributed by atoms with Crippen LogP contribution >= 0.6 is 24.0 Å². The van der Waals surface area contributed by atoms with Gasteiger partial charge in [-0.05, 0) is 11.6 Å². The highest BCUT2D eigenvalue weighted by molar-refractivity contribution is 14.0. The summed E-state index contributed by atoms with van der Waals surface area (Å²) in [6.07, 6.45) is 1.68. The fourth-order valence-electron chi connectivity index (χ4n) is 1.17. The molecule has 0 aliphatic carbocycles. The molecule has 0 atom stereocenters. The van der Waals surface area contributed by atoms with Crippen LogP contribution < -0.4 is 15.8 Å². The van der Waals surface area contributed by atoms with Crippen LogP contribution in [0.15, 0.2) is 23.3 Å². The summed E-state index contributed by atoms with van der Waals surface area (Å²) in [5.74, 6) is 0.974. The topological polar surface area (TPSA) is 81.8 Å². The van der Waals surface area contributed by atoms with Gasteiger partial charge in [-0.25, -0.2) is 9.98 Å². The number of hydrogen-bond acceptors (Lipinski definition) is 4. The molecule has 18 heavy (non-hydrogen) atoms. The molecule has 1 aromatic rings. The third kappa shape index (κ3) is 6.60. The number of aromatic nitrogens is 1. The first kappa shape index (κ1) is 16.9. The largest absolute Gasteiger partial charge is 0.481 e. The quantitative estimate of drug-likeness (QED) is 0.336. The molecule has 0 unspecified atom stereocenters. The van der Waals surface area contributed by atoms with Gasteiger partial charge in [-0.3, -0.25) is 0 Å². The molecule has 3 N–H and O–H groups in total. The molecule has 6 nitrogen and oxygen atoms in total. The number of halogens is 1. The van der Waals surface area contributed by atoms with Crippen LogP contribution in [0.2, 0.25) is 0 Å². The lowest BCUT2D eigenvalue weighted by Crippen LogP contribution is -2.34. The number of ether oxygens (including phenoxy) is 2. The second kappa shape index (κ2) is 9.89. The maximum Gasteiger partial charge on any atom is 0.213 e. The summed E-state index contributed by atoms with van der Waals surface area (Å²) in [5.41, 5.74) is 6.66. The first-order valence-corrected chi connectivity index (χ1v) is 5.28. The van der Waals surface area contributed by atoms with Crippen LogP contribution in [0.25, 0.3) is 0 Å². The van der Waals surface area contributed by atoms with E-state index in [2.05, 4.69) is 15.3 Å². The number of guanidine groups is 1. The van der Waals surface area contributed by atoms with Crippen molar-refractivity contribution < 1.29 is 9.47 Å². The predicted octanol–water partition coefficient (Wildman–Crippen LogP) is 0.759. The predicted molar refractivity (Wildman–Crippen MR) is 81.4 cm³/mol. The molecule has 0 fully saturated rings. The zero-order valence-corrected chi connectivity index (χ0v) is 12.9. The molecule has 0 saturated carbocycles. The molecule has 0 radical (unpaired) electrons. The number of pyridine rings is 1. The minimum absolute atomic E-state index is 0. The highest BCUT2D eigenvalue weighted by atomic mass is 127. The normalized spacial score (nSPS) is 10.7. The Morgan fingerprint density at radius 2 is 2.28 bits per heavy atom. The summed E-state index contributed by atoms with van der Waals surface area (Å²) in [7, 11) is 3.22. The fraction of sp³-hybridized carbons (Fsp3) is 0.455. The van der Waals surface area contributed by atoms with Gasteiger partial charge in [-0.2, -0.15) is 0 Å². The molecule has 0 aromatic carbocycles. The van der Waals surface area contributed by atoms with E-state index >= 15 is 0 Å². The van der Waals surface area contributed by atoms with Crippen molar-refractivity contribution in [3.8, 4) is 5.88 Å². The van der Waals surface area contributed by atoms with E-state index in [1.807, 2.05) is 12.1 Å². The van der Waals surface area contributed by atoms with Crippen molar-refractivity contribution in [3.63, 3.8) is 0 Å². The van der Waals surface area contributed by atoms with Gasteiger partial charge in [0, 0.05) is 25.9 Å². The van der Waals surface area contributed by atoms with Crippen molar-refractivity contribution in [1.82, 2.24) is 10.3 Å². The van der Waals surface area contributed by atoms with Gasteiger partial charge in [0.15, 0.2) is 5.96 Å². The van der Waals surface area contributed by atoms with Gasteiger partial charge in [0.2, 0.25) is 5.88 Å². The van der Waals surface area contributed by atoms with E-state index < -0.39 is 0 Å². The SMILES string of the molecule is COCCNC(N)=NCc1ccnc(OC)c1.I. The van der Waals surface area contributed by atoms with Crippen molar-refractivity contribution >= 4 is 29.9 Å². The number of methoxy groups -OCH3 is 2. The molecular weight excluding hydrogens is 347 g/mol. The van der Waals surface area contributed by atoms with Gasteiger partial charge < -0.3 is 20.5 Å². The molecule has 0 aliphatic heterocycles. The fourth-order valence-corrected chi connectivity index (χ4v) is 1.17. The number of rotatable bonds is 6. The Balaban J connectivity index is 0.00000289. The Morgan fingerprint density at radius 1 is 1.50 bits per heavy atom. The first-order chi connectivity index (χ1) is 8.26. The maximum absolute atomic E-state index is 5.67. The Labute approximate surface area is 124 Å². The van der Waals surface area contributed by atoms with Crippen LogP contribution in [0.1, 0.15) is 5.56 Å². The summed E-state index contributed by atoms with van der Waals surface area (Å²) in [6, 6.07) is 3.69. The second-order valence-corrected chi connectivity index (χ2v) is 3.33. The van der Waals surface area contributed by atoms with E-state index in [1.54, 1.807) is 20.4 Å². The van der Waals surface area contributed by atoms with E-state index in [0.29, 0.717) is 31.5 Å². The monoisotopic (exact) mass is 366 g/mol. The van der Waals surface area contributed by atoms with Gasteiger partial charge in [-0.15, -0.1) is 24.0 Å². The average molecular weight is 366 g/mol. The molecule has 1 aromatic heterocycles. The number of nitrogens with two attached hydrogens (primary N) is 1. The van der Waals surface area contributed by atoms with Crippen LogP contribution in [-0.2, 0) is 11.3 Å². The van der Waals surface area contributed by atoms with Crippen LogP contribution in [0, 0.1) is 0 Å². The highest BCUT2D eigenvalue weighted by Gasteiger charge is 1.96. The van der Waals surface area contributed by atoms with Crippen molar-refractivity contribution in [3.05, 3.63) is 23.9 Å². The minimum Gasteiger partial charge on any atom is -0.481 e. The van der Waals surface area contributed by atoms with Crippen LogP contribution in [0.5, 0.6) is 5.88 Å². The molecule has 0 saturated heterocycles. The van der Waals surface area contributed by atoms with Gasteiger partial charge in [0.25, 0.3) is 0 Å². The molecule has 7 heteroatoms. The standard InChI is InChI=1S/C11H18N4O2.HI/c1-16-6-5-14-11(12)15-8-9-3-4-13-10(7-9)17-2;/h3-4,7H,5-6,8H2,1-2H3,(H3,12,14,15);1H. The molecular formula is C11H19IN4O2. The van der Waals surface area contributed by atoms with E-state index in [1.165, 1.54) is 0 Å². The summed E-state index contributed by atoms with van der Waals surface area (Å²) < 4.78 is 9.91. The second-order valence-electron chi connectivity index (χ2n) is 3.33. The molecule has 0 spiro atoms. The van der Waals surface area contributed by atoms with Gasteiger partial charge in [0.05, 0.1) is 20.3 Å². The summed E-state index contributed by atoms with van der Waals surface area (Å²) in [6.45, 7) is 1.73. The number of nitrogens with zero attached hydrogens (tertiary/aromatic N) is 2. The molecule has 0 bridgehead atoms. The van der Waals surface area contributed by atoms with Gasteiger partial charge in [-0.1, -0.05) is 0 Å². The van der Waals surface area contributed by atoms with Crippen LogP contribution in [0.4, 0.5) is 0 Å². The van der Waals surface area contributed by atoms with Crippen molar-refractivity contribution in [2.24, 2.45) is 10.7 Å². The molecule has 1 heterocycles. The molecule has 0 amide bonds. The summed E-state index contributed by atoms with van der Waals surface area (Å²) >= 11 is 0. The Kier molecular flexibility index (Phi) is 9.29. The number of nitrogens with one attached hydrogen (secondary N) is 1. The lowest BCUT2D eigenvalue weighted by molar-refractivity contribution is 0.204. The highest BCUT2D eigenvalue weighted by Crippen LogP contribution is 2.09. The zero-order valence-electron chi connectivity index (χ0n) is 10.5. The van der Waals surface area contributed by atoms with Crippen LogP contribution in [0.3, 0.4) is 0 Å². The Morgan fingerprint density at radius 3 is 2.94 bits per heavy atom. The lowest BCUT2D eigenvalue weighted by atomic mass is 10.3. The molecule has 102 valence electrons. The third-order valence-corrected chi connectivity index (χ3v) is 2.05. The zero-order chi connectivity index (χ0) is 12.5. The third-order valence-electron chi connectivity index (χ3n) is 2.05. The Hall–Kier alpha value is -1.09. The Bertz CT molecular complexity index is 374. The smallest absolute Gasteiger partial charge is 0.213 e. The average Bonchev–Trinajstić information content (AvgIpc) is 2.37. The van der Waals surface area contributed by atoms with Crippen molar-refractivity contribution in [2.75, 3.05) is 27.4 Å². The minimum atomic E-state index is 0. The van der Waals surface area contributed by atoms with E-state index in [9.17, 15) is 0 Å². The van der Waals surface area contributed by atoms with Gasteiger partial charge in [0.1, 0.15) is 0 Å². The number of aliphatic imine (C=N–C) groups is 1. The first-order valence-electron chi connectivity index (χ1n) is 5.28. The van der Waals surface area contributed by atoms with E-state index in [4.69, 9.17) is 15.2 Å². The van der Waals surface area contributed by atoms with E-state index in [0.717, 1.165) is 5.56 Å². The maximum atomic E-state index is 5.67. The lowest BCUT2D eigenvalue weighted by Gasteiger charge is -2.05. The summed E-state index contributed by atoms with van der Waals surface area (Å²) in [4.78, 5) is 8.20. The summed E-state index contributed by atoms with van der Waals surface area (Å²) in [5, 5.41) is 2.94. The van der Waals surface area contributed by atoms with Gasteiger partial charge >= 0.3 is 0 Å². The number of hydrogen-bond donors (Lipinski definition) is 2.